The molecule has 96 valence electrons. The standard InChI is InChI=1S/C14H19N3O/c1-10(2)12-5-3-11(4-6-12)9-14-17-16-13(18-14)7-8-15/h3-6,10H,7-9,15H2,1-2H3. The molecule has 0 saturated carbocycles. The van der Waals surface area contributed by atoms with Crippen molar-refractivity contribution >= 4 is 0 Å². The van der Waals surface area contributed by atoms with E-state index in [0.717, 1.165) is 0 Å². The summed E-state index contributed by atoms with van der Waals surface area (Å²) in [5.41, 5.74) is 7.96. The van der Waals surface area contributed by atoms with E-state index in [1.54, 1.807) is 0 Å². The van der Waals surface area contributed by atoms with Crippen LogP contribution in [0.2, 0.25) is 0 Å². The topological polar surface area (TPSA) is 64.9 Å². The molecule has 18 heavy (non-hydrogen) atoms. The van der Waals surface area contributed by atoms with Gasteiger partial charge in [0.1, 0.15) is 0 Å². The number of hydrogen-bond acceptors (Lipinski definition) is 4. The molecule has 0 aliphatic heterocycles. The molecule has 0 bridgehead atoms. The predicted molar refractivity (Wildman–Crippen MR) is 70.4 cm³/mol. The summed E-state index contributed by atoms with van der Waals surface area (Å²) in [4.78, 5) is 0. The van der Waals surface area contributed by atoms with E-state index in [-0.39, 0.29) is 0 Å². The maximum Gasteiger partial charge on any atom is 0.220 e. The predicted octanol–water partition coefficient (Wildman–Crippen LogP) is 2.29. The third kappa shape index (κ3) is 3.17. The number of aromatic nitrogens is 2. The van der Waals surface area contributed by atoms with Crippen LogP contribution in [0, 0.1) is 0 Å². The van der Waals surface area contributed by atoms with Crippen LogP contribution in [0.15, 0.2) is 28.7 Å². The molecule has 2 N–H and O–H groups in total. The van der Waals surface area contributed by atoms with Gasteiger partial charge in [-0.25, -0.2) is 0 Å². The van der Waals surface area contributed by atoms with E-state index in [0.29, 0.717) is 37.1 Å². The Kier molecular flexibility index (Phi) is 4.10. The van der Waals surface area contributed by atoms with E-state index in [2.05, 4.69) is 48.3 Å². The summed E-state index contributed by atoms with van der Waals surface area (Å²) >= 11 is 0. The Morgan fingerprint density at radius 2 is 1.78 bits per heavy atom. The van der Waals surface area contributed by atoms with Gasteiger partial charge in [-0.2, -0.15) is 0 Å². The Morgan fingerprint density at radius 1 is 1.11 bits per heavy atom. The van der Waals surface area contributed by atoms with Crippen LogP contribution in [-0.4, -0.2) is 16.7 Å². The molecule has 0 aliphatic carbocycles. The average molecular weight is 245 g/mol. The van der Waals surface area contributed by atoms with Gasteiger partial charge in [-0.15, -0.1) is 10.2 Å². The Hall–Kier alpha value is -1.68. The Bertz CT molecular complexity index is 488. The lowest BCUT2D eigenvalue weighted by atomic mass is 10.0. The fourth-order valence-electron chi connectivity index (χ4n) is 1.78. The van der Waals surface area contributed by atoms with Crippen molar-refractivity contribution in [1.29, 1.82) is 0 Å². The lowest BCUT2D eigenvalue weighted by Gasteiger charge is -2.05. The van der Waals surface area contributed by atoms with Crippen molar-refractivity contribution in [1.82, 2.24) is 10.2 Å². The lowest BCUT2D eigenvalue weighted by molar-refractivity contribution is 0.458. The summed E-state index contributed by atoms with van der Waals surface area (Å²) in [6.07, 6.45) is 1.31. The highest BCUT2D eigenvalue weighted by atomic mass is 16.4. The van der Waals surface area contributed by atoms with Gasteiger partial charge in [0.05, 0.1) is 6.42 Å². The highest BCUT2D eigenvalue weighted by molar-refractivity contribution is 5.26. The van der Waals surface area contributed by atoms with E-state index in [1.807, 2.05) is 0 Å². The molecular formula is C14H19N3O. The molecule has 0 fully saturated rings. The molecule has 0 atom stereocenters. The first-order valence-electron chi connectivity index (χ1n) is 6.29. The van der Waals surface area contributed by atoms with Crippen molar-refractivity contribution in [2.75, 3.05) is 6.54 Å². The first-order valence-corrected chi connectivity index (χ1v) is 6.29. The SMILES string of the molecule is CC(C)c1ccc(Cc2nnc(CCN)o2)cc1. The minimum atomic E-state index is 0.532. The molecule has 2 aromatic rings. The molecule has 0 spiro atoms. The van der Waals surface area contributed by atoms with E-state index in [9.17, 15) is 0 Å². The number of rotatable bonds is 5. The van der Waals surface area contributed by atoms with Crippen LogP contribution in [-0.2, 0) is 12.8 Å². The van der Waals surface area contributed by atoms with Crippen molar-refractivity contribution < 1.29 is 4.42 Å². The second-order valence-corrected chi connectivity index (χ2v) is 4.70. The number of nitrogens with two attached hydrogens (primary N) is 1. The largest absolute Gasteiger partial charge is 0.425 e. The molecule has 0 amide bonds. The van der Waals surface area contributed by atoms with Gasteiger partial charge in [-0.1, -0.05) is 38.1 Å². The third-order valence-corrected chi connectivity index (χ3v) is 2.87. The summed E-state index contributed by atoms with van der Waals surface area (Å²) in [6.45, 7) is 4.91. The van der Waals surface area contributed by atoms with Crippen LogP contribution >= 0.6 is 0 Å². The second-order valence-electron chi connectivity index (χ2n) is 4.70. The Morgan fingerprint density at radius 3 is 2.39 bits per heavy atom. The fourth-order valence-corrected chi connectivity index (χ4v) is 1.78. The van der Waals surface area contributed by atoms with Crippen molar-refractivity contribution in [3.05, 3.63) is 47.2 Å². The van der Waals surface area contributed by atoms with Crippen molar-refractivity contribution in [2.45, 2.75) is 32.6 Å². The first-order chi connectivity index (χ1) is 8.69. The lowest BCUT2D eigenvalue weighted by Crippen LogP contribution is -2.02. The Labute approximate surface area is 107 Å². The van der Waals surface area contributed by atoms with E-state index in [1.165, 1.54) is 11.1 Å². The molecule has 1 heterocycles. The first kappa shape index (κ1) is 12.8. The third-order valence-electron chi connectivity index (χ3n) is 2.87. The second kappa shape index (κ2) is 5.78. The van der Waals surface area contributed by atoms with Gasteiger partial charge in [-0.3, -0.25) is 0 Å². The molecule has 1 aromatic carbocycles. The number of hydrogen-bond donors (Lipinski definition) is 1. The van der Waals surface area contributed by atoms with E-state index in [4.69, 9.17) is 10.2 Å². The maximum absolute atomic E-state index is 5.50. The Balaban J connectivity index is 2.03. The quantitative estimate of drug-likeness (QED) is 0.877. The maximum atomic E-state index is 5.50. The zero-order valence-electron chi connectivity index (χ0n) is 10.9. The van der Waals surface area contributed by atoms with Crippen molar-refractivity contribution in [2.24, 2.45) is 5.73 Å². The molecule has 4 nitrogen and oxygen atoms in total. The summed E-state index contributed by atoms with van der Waals surface area (Å²) in [6, 6.07) is 8.53. The van der Waals surface area contributed by atoms with Crippen LogP contribution < -0.4 is 5.73 Å². The molecular weight excluding hydrogens is 226 g/mol. The number of nitrogens with zero attached hydrogens (tertiary/aromatic N) is 2. The minimum Gasteiger partial charge on any atom is -0.425 e. The molecule has 4 heteroatoms. The van der Waals surface area contributed by atoms with Crippen LogP contribution in [0.25, 0.3) is 0 Å². The van der Waals surface area contributed by atoms with Gasteiger partial charge in [0.2, 0.25) is 11.8 Å². The van der Waals surface area contributed by atoms with Crippen LogP contribution in [0.3, 0.4) is 0 Å². The zero-order chi connectivity index (χ0) is 13.0. The monoisotopic (exact) mass is 245 g/mol. The minimum absolute atomic E-state index is 0.532. The normalized spacial score (nSPS) is 11.1. The highest BCUT2D eigenvalue weighted by Gasteiger charge is 2.06. The van der Waals surface area contributed by atoms with Crippen LogP contribution in [0.4, 0.5) is 0 Å². The zero-order valence-corrected chi connectivity index (χ0v) is 10.9. The summed E-state index contributed by atoms with van der Waals surface area (Å²) in [5, 5.41) is 7.97. The summed E-state index contributed by atoms with van der Waals surface area (Å²) in [7, 11) is 0. The van der Waals surface area contributed by atoms with Crippen LogP contribution in [0.5, 0.6) is 0 Å². The van der Waals surface area contributed by atoms with Crippen molar-refractivity contribution in [3.8, 4) is 0 Å². The van der Waals surface area contributed by atoms with Gasteiger partial charge in [-0.05, 0) is 17.0 Å². The van der Waals surface area contributed by atoms with Gasteiger partial charge in [0.15, 0.2) is 0 Å². The average Bonchev–Trinajstić information content (AvgIpc) is 2.78. The molecule has 0 unspecified atom stereocenters. The van der Waals surface area contributed by atoms with Gasteiger partial charge < -0.3 is 10.2 Å². The number of benzene rings is 1. The smallest absolute Gasteiger partial charge is 0.220 e. The van der Waals surface area contributed by atoms with E-state index < -0.39 is 0 Å². The molecule has 0 saturated heterocycles. The van der Waals surface area contributed by atoms with E-state index >= 15 is 0 Å². The highest BCUT2D eigenvalue weighted by Crippen LogP contribution is 2.16. The molecule has 0 aliphatic rings. The van der Waals surface area contributed by atoms with Crippen molar-refractivity contribution in [3.63, 3.8) is 0 Å². The summed E-state index contributed by atoms with van der Waals surface area (Å²) in [5.74, 6) is 1.82. The van der Waals surface area contributed by atoms with Gasteiger partial charge >= 0.3 is 0 Å². The fraction of sp³-hybridized carbons (Fsp3) is 0.429. The van der Waals surface area contributed by atoms with Crippen LogP contribution in [0.1, 0.15) is 42.7 Å². The summed E-state index contributed by atoms with van der Waals surface area (Å²) < 4.78 is 5.50. The molecule has 1 aromatic heterocycles. The molecule has 2 rings (SSSR count). The molecule has 0 radical (unpaired) electrons. The van der Waals surface area contributed by atoms with Gasteiger partial charge in [0, 0.05) is 13.0 Å². The van der Waals surface area contributed by atoms with Gasteiger partial charge in [0.25, 0.3) is 0 Å².